The van der Waals surface area contributed by atoms with Crippen molar-refractivity contribution >= 4 is 11.9 Å². The lowest BCUT2D eigenvalue weighted by Crippen LogP contribution is -2.49. The summed E-state index contributed by atoms with van der Waals surface area (Å²) in [5.41, 5.74) is 6.36. The van der Waals surface area contributed by atoms with Gasteiger partial charge in [-0.3, -0.25) is 4.79 Å². The van der Waals surface area contributed by atoms with Crippen molar-refractivity contribution in [3.63, 3.8) is 0 Å². The van der Waals surface area contributed by atoms with Crippen LogP contribution >= 0.6 is 0 Å². The van der Waals surface area contributed by atoms with E-state index >= 15 is 0 Å². The number of hydrogen-bond donors (Lipinski definition) is 1. The predicted molar refractivity (Wildman–Crippen MR) is 92.6 cm³/mol. The SMILES string of the molecule is CCC(C(N)=O)N(C)C(=O)N(C)Cc1ccc(-c2noc(C(F)(F)F)n2)cc1. The van der Waals surface area contributed by atoms with Gasteiger partial charge in [0, 0.05) is 26.2 Å². The van der Waals surface area contributed by atoms with Crippen molar-refractivity contribution < 1.29 is 27.3 Å². The summed E-state index contributed by atoms with van der Waals surface area (Å²) in [5, 5.41) is 3.32. The molecule has 152 valence electrons. The molecule has 0 aliphatic carbocycles. The van der Waals surface area contributed by atoms with Crippen LogP contribution in [0.2, 0.25) is 0 Å². The summed E-state index contributed by atoms with van der Waals surface area (Å²) in [6.45, 7) is 1.97. The molecule has 0 spiro atoms. The third kappa shape index (κ3) is 4.78. The van der Waals surface area contributed by atoms with Gasteiger partial charge in [-0.2, -0.15) is 18.2 Å². The maximum atomic E-state index is 12.5. The molecule has 0 radical (unpaired) electrons. The summed E-state index contributed by atoms with van der Waals surface area (Å²) in [5.74, 6) is -2.19. The fraction of sp³-hybridized carbons (Fsp3) is 0.412. The molecule has 28 heavy (non-hydrogen) atoms. The van der Waals surface area contributed by atoms with Crippen molar-refractivity contribution in [1.82, 2.24) is 19.9 Å². The Morgan fingerprint density at radius 3 is 2.29 bits per heavy atom. The van der Waals surface area contributed by atoms with Crippen LogP contribution in [0, 0.1) is 0 Å². The second-order valence-electron chi connectivity index (χ2n) is 6.19. The van der Waals surface area contributed by atoms with Crippen molar-refractivity contribution in [2.24, 2.45) is 5.73 Å². The van der Waals surface area contributed by atoms with Crippen LogP contribution < -0.4 is 5.73 Å². The quantitative estimate of drug-likeness (QED) is 0.803. The van der Waals surface area contributed by atoms with Crippen LogP contribution in [0.15, 0.2) is 28.8 Å². The number of rotatable bonds is 6. The average Bonchev–Trinajstić information content (AvgIpc) is 3.12. The minimum atomic E-state index is -4.71. The van der Waals surface area contributed by atoms with E-state index in [9.17, 15) is 22.8 Å². The van der Waals surface area contributed by atoms with Gasteiger partial charge in [-0.1, -0.05) is 36.3 Å². The van der Waals surface area contributed by atoms with E-state index in [4.69, 9.17) is 5.73 Å². The lowest BCUT2D eigenvalue weighted by atomic mass is 10.1. The number of hydrogen-bond acceptors (Lipinski definition) is 5. The minimum absolute atomic E-state index is 0.185. The van der Waals surface area contributed by atoms with Crippen LogP contribution in [-0.4, -0.2) is 52.0 Å². The van der Waals surface area contributed by atoms with Gasteiger partial charge in [-0.25, -0.2) is 4.79 Å². The normalized spacial score (nSPS) is 12.5. The highest BCUT2D eigenvalue weighted by Crippen LogP contribution is 2.29. The highest BCUT2D eigenvalue weighted by Gasteiger charge is 2.38. The molecule has 1 aromatic heterocycles. The topological polar surface area (TPSA) is 106 Å². The van der Waals surface area contributed by atoms with E-state index in [0.29, 0.717) is 12.0 Å². The summed E-state index contributed by atoms with van der Waals surface area (Å²) >= 11 is 0. The average molecular weight is 399 g/mol. The van der Waals surface area contributed by atoms with Gasteiger partial charge in [-0.05, 0) is 12.0 Å². The van der Waals surface area contributed by atoms with Gasteiger partial charge < -0.3 is 20.1 Å². The van der Waals surface area contributed by atoms with E-state index in [1.54, 1.807) is 26.1 Å². The molecule has 0 bridgehead atoms. The molecule has 8 nitrogen and oxygen atoms in total. The smallest absolute Gasteiger partial charge is 0.368 e. The van der Waals surface area contributed by atoms with Gasteiger partial charge in [0.05, 0.1) is 0 Å². The zero-order chi connectivity index (χ0) is 21.1. The number of nitrogens with two attached hydrogens (primary N) is 1. The molecule has 3 amide bonds. The molecule has 11 heteroatoms. The minimum Gasteiger partial charge on any atom is -0.368 e. The van der Waals surface area contributed by atoms with E-state index in [1.165, 1.54) is 29.0 Å². The molecule has 2 rings (SSSR count). The third-order valence-electron chi connectivity index (χ3n) is 4.11. The van der Waals surface area contributed by atoms with E-state index < -0.39 is 24.0 Å². The molecule has 1 heterocycles. The van der Waals surface area contributed by atoms with Gasteiger partial charge in [0.15, 0.2) is 0 Å². The Labute approximate surface area is 159 Å². The van der Waals surface area contributed by atoms with Crippen molar-refractivity contribution in [1.29, 1.82) is 0 Å². The summed E-state index contributed by atoms with van der Waals surface area (Å²) in [6, 6.07) is 5.23. The van der Waals surface area contributed by atoms with Crippen molar-refractivity contribution in [3.05, 3.63) is 35.7 Å². The van der Waals surface area contributed by atoms with Crippen LogP contribution in [0.4, 0.5) is 18.0 Å². The van der Waals surface area contributed by atoms with E-state index in [1.807, 2.05) is 0 Å². The first-order chi connectivity index (χ1) is 13.0. The first-order valence-corrected chi connectivity index (χ1v) is 8.32. The van der Waals surface area contributed by atoms with Crippen LogP contribution in [0.5, 0.6) is 0 Å². The number of alkyl halides is 3. The Morgan fingerprint density at radius 1 is 1.21 bits per heavy atom. The molecule has 1 unspecified atom stereocenters. The summed E-state index contributed by atoms with van der Waals surface area (Å²) in [6.07, 6.45) is -4.31. The first-order valence-electron chi connectivity index (χ1n) is 8.32. The number of aromatic nitrogens is 2. The van der Waals surface area contributed by atoms with E-state index in [-0.39, 0.29) is 18.4 Å². The largest absolute Gasteiger partial charge is 0.471 e. The first kappa shape index (κ1) is 21.2. The van der Waals surface area contributed by atoms with Gasteiger partial charge in [-0.15, -0.1) is 0 Å². The Morgan fingerprint density at radius 2 is 1.82 bits per heavy atom. The molecular weight excluding hydrogens is 379 g/mol. The lowest BCUT2D eigenvalue weighted by molar-refractivity contribution is -0.159. The van der Waals surface area contributed by atoms with Gasteiger partial charge in [0.1, 0.15) is 6.04 Å². The highest BCUT2D eigenvalue weighted by atomic mass is 19.4. The number of urea groups is 1. The number of carbonyl (C=O) groups excluding carboxylic acids is 2. The molecule has 1 aromatic carbocycles. The zero-order valence-electron chi connectivity index (χ0n) is 15.5. The Hall–Kier alpha value is -3.11. The van der Waals surface area contributed by atoms with Crippen LogP contribution in [-0.2, 0) is 17.5 Å². The summed E-state index contributed by atoms with van der Waals surface area (Å²) in [7, 11) is 3.06. The fourth-order valence-corrected chi connectivity index (χ4v) is 2.63. The molecule has 0 aliphatic heterocycles. The standard InChI is InChI=1S/C17H20F3N5O3/c1-4-12(13(21)26)25(3)16(27)24(2)9-10-5-7-11(8-6-10)14-22-15(28-23-14)17(18,19)20/h5-8,12H,4,9H2,1-3H3,(H2,21,26). The zero-order valence-corrected chi connectivity index (χ0v) is 15.5. The Kier molecular flexibility index (Phi) is 6.26. The molecule has 1 atom stereocenters. The summed E-state index contributed by atoms with van der Waals surface area (Å²) in [4.78, 5) is 29.8. The number of primary amides is 1. The number of halogens is 3. The third-order valence-corrected chi connectivity index (χ3v) is 4.11. The summed E-state index contributed by atoms with van der Waals surface area (Å²) < 4.78 is 41.8. The van der Waals surface area contributed by atoms with E-state index in [2.05, 4.69) is 14.7 Å². The fourth-order valence-electron chi connectivity index (χ4n) is 2.63. The van der Waals surface area contributed by atoms with Gasteiger partial charge in [0.2, 0.25) is 11.7 Å². The van der Waals surface area contributed by atoms with Crippen LogP contribution in [0.3, 0.4) is 0 Å². The van der Waals surface area contributed by atoms with Crippen molar-refractivity contribution in [2.45, 2.75) is 32.1 Å². The molecule has 0 aliphatic rings. The number of amides is 3. The van der Waals surface area contributed by atoms with Crippen LogP contribution in [0.1, 0.15) is 24.8 Å². The second kappa shape index (κ2) is 8.28. The molecule has 2 N–H and O–H groups in total. The number of likely N-dealkylation sites (N-methyl/N-ethyl adjacent to an activating group) is 1. The van der Waals surface area contributed by atoms with E-state index in [0.717, 1.165) is 5.56 Å². The van der Waals surface area contributed by atoms with Gasteiger partial charge >= 0.3 is 18.1 Å². The maximum Gasteiger partial charge on any atom is 0.471 e. The monoisotopic (exact) mass is 399 g/mol. The molecule has 0 saturated heterocycles. The lowest BCUT2D eigenvalue weighted by Gasteiger charge is -2.29. The highest BCUT2D eigenvalue weighted by molar-refractivity contribution is 5.85. The van der Waals surface area contributed by atoms with Crippen molar-refractivity contribution in [2.75, 3.05) is 14.1 Å². The Balaban J connectivity index is 2.06. The maximum absolute atomic E-state index is 12.5. The van der Waals surface area contributed by atoms with Crippen molar-refractivity contribution in [3.8, 4) is 11.4 Å². The Bertz CT molecular complexity index is 835. The predicted octanol–water partition coefficient (Wildman–Crippen LogP) is 2.50. The number of nitrogens with zero attached hydrogens (tertiary/aromatic N) is 4. The number of benzene rings is 1. The van der Waals surface area contributed by atoms with Crippen LogP contribution in [0.25, 0.3) is 11.4 Å². The van der Waals surface area contributed by atoms with Gasteiger partial charge in [0.25, 0.3) is 0 Å². The second-order valence-corrected chi connectivity index (χ2v) is 6.19. The number of carbonyl (C=O) groups is 2. The molecule has 2 aromatic rings. The molecule has 0 saturated carbocycles. The molecular formula is C17H20F3N5O3. The molecule has 0 fully saturated rings.